The van der Waals surface area contributed by atoms with Crippen molar-refractivity contribution in [2.24, 2.45) is 5.73 Å². The van der Waals surface area contributed by atoms with E-state index in [0.717, 1.165) is 39.1 Å². The predicted octanol–water partition coefficient (Wildman–Crippen LogP) is 0.339. The van der Waals surface area contributed by atoms with E-state index in [9.17, 15) is 0 Å². The Morgan fingerprint density at radius 2 is 2.40 bits per heavy atom. The number of morpholine rings is 1. The van der Waals surface area contributed by atoms with Crippen LogP contribution in [-0.2, 0) is 9.47 Å². The maximum atomic E-state index is 6.19. The van der Waals surface area contributed by atoms with E-state index >= 15 is 0 Å². The number of nitrogens with zero attached hydrogens (tertiary/aromatic N) is 1. The molecule has 0 radical (unpaired) electrons. The fourth-order valence-corrected chi connectivity index (χ4v) is 2.10. The first-order valence-corrected chi connectivity index (χ1v) is 5.63. The van der Waals surface area contributed by atoms with Gasteiger partial charge in [0.1, 0.15) is 0 Å². The van der Waals surface area contributed by atoms with E-state index in [2.05, 4.69) is 11.9 Å². The van der Waals surface area contributed by atoms with Crippen molar-refractivity contribution in [3.8, 4) is 0 Å². The monoisotopic (exact) mass is 212 g/mol. The molecule has 0 aromatic carbocycles. The van der Waals surface area contributed by atoms with Gasteiger partial charge < -0.3 is 20.1 Å². The van der Waals surface area contributed by atoms with Crippen LogP contribution in [-0.4, -0.2) is 50.4 Å². The summed E-state index contributed by atoms with van der Waals surface area (Å²) in [5, 5.41) is 0. The predicted molar refractivity (Wildman–Crippen MR) is 58.5 cm³/mol. The molecule has 0 bridgehead atoms. The molecule has 1 fully saturated rings. The molecule has 4 heteroatoms. The second kappa shape index (κ2) is 4.96. The first-order chi connectivity index (χ1) is 7.27. The van der Waals surface area contributed by atoms with Crippen LogP contribution < -0.4 is 5.73 Å². The fraction of sp³-hybridized carbons (Fsp3) is 0.818. The van der Waals surface area contributed by atoms with E-state index in [0.29, 0.717) is 0 Å². The average Bonchev–Trinajstić information content (AvgIpc) is 2.29. The minimum Gasteiger partial charge on any atom is -0.501 e. The number of nitrogens with two attached hydrogens (primary N) is 1. The van der Waals surface area contributed by atoms with Crippen LogP contribution in [0.1, 0.15) is 12.8 Å². The van der Waals surface area contributed by atoms with Gasteiger partial charge in [0.15, 0.2) is 0 Å². The molecule has 2 heterocycles. The number of ether oxygens (including phenoxy) is 2. The smallest absolute Gasteiger partial charge is 0.0892 e. The van der Waals surface area contributed by atoms with Crippen molar-refractivity contribution in [1.29, 1.82) is 0 Å². The summed E-state index contributed by atoms with van der Waals surface area (Å²) in [6, 6.07) is -0.00644. The van der Waals surface area contributed by atoms with Crippen LogP contribution in [0.15, 0.2) is 11.8 Å². The van der Waals surface area contributed by atoms with E-state index in [-0.39, 0.29) is 12.1 Å². The molecule has 2 N–H and O–H groups in total. The summed E-state index contributed by atoms with van der Waals surface area (Å²) in [5.41, 5.74) is 7.38. The standard InChI is InChI=1S/C11H20N2O2/c1-13-4-6-15-10(7-13)11(12)9-3-2-5-14-8-9/h8,10-11H,2-7,12H2,1H3. The molecule has 1 saturated heterocycles. The molecule has 2 atom stereocenters. The minimum absolute atomic E-state index is 0.00644. The van der Waals surface area contributed by atoms with Crippen LogP contribution >= 0.6 is 0 Å². The van der Waals surface area contributed by atoms with Crippen LogP contribution in [0.3, 0.4) is 0 Å². The third kappa shape index (κ3) is 2.71. The number of hydrogen-bond donors (Lipinski definition) is 1. The molecule has 0 aromatic rings. The highest BCUT2D eigenvalue weighted by Gasteiger charge is 2.27. The van der Waals surface area contributed by atoms with Crippen LogP contribution in [0, 0.1) is 0 Å². The molecule has 2 unspecified atom stereocenters. The molecular weight excluding hydrogens is 192 g/mol. The van der Waals surface area contributed by atoms with E-state index in [1.165, 1.54) is 5.57 Å². The van der Waals surface area contributed by atoms with Gasteiger partial charge in [0.05, 0.1) is 31.6 Å². The van der Waals surface area contributed by atoms with Crippen molar-refractivity contribution in [2.45, 2.75) is 25.0 Å². The van der Waals surface area contributed by atoms with Gasteiger partial charge in [0.25, 0.3) is 0 Å². The van der Waals surface area contributed by atoms with Crippen LogP contribution in [0.5, 0.6) is 0 Å². The largest absolute Gasteiger partial charge is 0.501 e. The molecule has 4 nitrogen and oxygen atoms in total. The molecule has 0 aliphatic carbocycles. The third-order valence-corrected chi connectivity index (χ3v) is 3.09. The highest BCUT2D eigenvalue weighted by atomic mass is 16.5. The molecule has 15 heavy (non-hydrogen) atoms. The summed E-state index contributed by atoms with van der Waals surface area (Å²) in [5.74, 6) is 0. The average molecular weight is 212 g/mol. The lowest BCUT2D eigenvalue weighted by molar-refractivity contribution is -0.0279. The van der Waals surface area contributed by atoms with Gasteiger partial charge in [0.2, 0.25) is 0 Å². The summed E-state index contributed by atoms with van der Waals surface area (Å²) < 4.78 is 11.0. The normalized spacial score (nSPS) is 30.5. The minimum atomic E-state index is -0.00644. The molecule has 2 rings (SSSR count). The highest BCUT2D eigenvalue weighted by Crippen LogP contribution is 2.19. The van der Waals surface area contributed by atoms with Crippen molar-refractivity contribution < 1.29 is 9.47 Å². The maximum absolute atomic E-state index is 6.19. The van der Waals surface area contributed by atoms with Gasteiger partial charge in [-0.2, -0.15) is 0 Å². The summed E-state index contributed by atoms with van der Waals surface area (Å²) in [6.45, 7) is 3.52. The summed E-state index contributed by atoms with van der Waals surface area (Å²) in [7, 11) is 2.11. The zero-order valence-corrected chi connectivity index (χ0v) is 9.32. The van der Waals surface area contributed by atoms with Crippen molar-refractivity contribution in [1.82, 2.24) is 4.90 Å². The molecule has 86 valence electrons. The second-order valence-electron chi connectivity index (χ2n) is 4.36. The number of likely N-dealkylation sites (N-methyl/N-ethyl adjacent to an activating group) is 1. The quantitative estimate of drug-likeness (QED) is 0.717. The first-order valence-electron chi connectivity index (χ1n) is 5.63. The Bertz CT molecular complexity index is 243. The van der Waals surface area contributed by atoms with Gasteiger partial charge in [-0.05, 0) is 25.5 Å². The Balaban J connectivity index is 1.93. The SMILES string of the molecule is CN1CCOC(C(N)C2=COCCC2)C1. The van der Waals surface area contributed by atoms with Crippen LogP contribution in [0.25, 0.3) is 0 Å². The van der Waals surface area contributed by atoms with Gasteiger partial charge in [-0.1, -0.05) is 0 Å². The Hall–Kier alpha value is -0.580. The number of hydrogen-bond acceptors (Lipinski definition) is 4. The summed E-state index contributed by atoms with van der Waals surface area (Å²) >= 11 is 0. The van der Waals surface area contributed by atoms with E-state index in [4.69, 9.17) is 15.2 Å². The third-order valence-electron chi connectivity index (χ3n) is 3.09. The zero-order valence-electron chi connectivity index (χ0n) is 9.32. The van der Waals surface area contributed by atoms with Crippen molar-refractivity contribution in [3.05, 3.63) is 11.8 Å². The van der Waals surface area contributed by atoms with Gasteiger partial charge in [-0.15, -0.1) is 0 Å². The first kappa shape index (κ1) is 10.9. The Morgan fingerprint density at radius 1 is 1.53 bits per heavy atom. The Labute approximate surface area is 91.0 Å². The lowest BCUT2D eigenvalue weighted by Crippen LogP contribution is -2.50. The molecule has 0 amide bonds. The lowest BCUT2D eigenvalue weighted by atomic mass is 9.97. The van der Waals surface area contributed by atoms with Gasteiger partial charge in [-0.25, -0.2) is 0 Å². The van der Waals surface area contributed by atoms with Gasteiger partial charge >= 0.3 is 0 Å². The van der Waals surface area contributed by atoms with Crippen molar-refractivity contribution >= 4 is 0 Å². The molecule has 0 spiro atoms. The Kier molecular flexibility index (Phi) is 3.61. The summed E-state index contributed by atoms with van der Waals surface area (Å²) in [4.78, 5) is 2.26. The molecule has 0 aromatic heterocycles. The summed E-state index contributed by atoms with van der Waals surface area (Å²) in [6.07, 6.45) is 4.07. The van der Waals surface area contributed by atoms with E-state index < -0.39 is 0 Å². The van der Waals surface area contributed by atoms with E-state index in [1.54, 1.807) is 0 Å². The van der Waals surface area contributed by atoms with Crippen molar-refractivity contribution in [3.63, 3.8) is 0 Å². The topological polar surface area (TPSA) is 47.7 Å². The van der Waals surface area contributed by atoms with Crippen LogP contribution in [0.4, 0.5) is 0 Å². The van der Waals surface area contributed by atoms with Crippen LogP contribution in [0.2, 0.25) is 0 Å². The molecule has 0 saturated carbocycles. The Morgan fingerprint density at radius 3 is 3.07 bits per heavy atom. The second-order valence-corrected chi connectivity index (χ2v) is 4.36. The molecular formula is C11H20N2O2. The molecule has 2 aliphatic heterocycles. The maximum Gasteiger partial charge on any atom is 0.0892 e. The number of rotatable bonds is 2. The zero-order chi connectivity index (χ0) is 10.7. The highest BCUT2D eigenvalue weighted by molar-refractivity contribution is 5.12. The fourth-order valence-electron chi connectivity index (χ4n) is 2.10. The molecule has 2 aliphatic rings. The van der Waals surface area contributed by atoms with Gasteiger partial charge in [0, 0.05) is 13.1 Å². The van der Waals surface area contributed by atoms with E-state index in [1.807, 2.05) is 6.26 Å². The lowest BCUT2D eigenvalue weighted by Gasteiger charge is -2.35. The van der Waals surface area contributed by atoms with Gasteiger partial charge in [-0.3, -0.25) is 0 Å². The van der Waals surface area contributed by atoms with Crippen molar-refractivity contribution in [2.75, 3.05) is 33.4 Å².